The molecular formula is C39H42N8O7S3. The number of pyridine rings is 1. The maximum atomic E-state index is 14.6. The monoisotopic (exact) mass is 830 g/mol. The number of thioether (sulfide) groups is 2. The van der Waals surface area contributed by atoms with Gasteiger partial charge in [0, 0.05) is 45.6 Å². The Morgan fingerprint density at radius 3 is 2.39 bits per heavy atom. The number of hydrogen-bond acceptors (Lipinski definition) is 15. The molecule has 298 valence electrons. The van der Waals surface area contributed by atoms with Crippen molar-refractivity contribution >= 4 is 69.8 Å². The molecular weight excluding hydrogens is 789 g/mol. The molecule has 2 aliphatic heterocycles. The molecule has 2 atom stereocenters. The third kappa shape index (κ3) is 10.3. The van der Waals surface area contributed by atoms with Crippen LogP contribution in [-0.2, 0) is 34.4 Å². The van der Waals surface area contributed by atoms with Crippen LogP contribution in [0.25, 0.3) is 0 Å². The van der Waals surface area contributed by atoms with E-state index >= 15 is 0 Å². The van der Waals surface area contributed by atoms with Crippen LogP contribution in [0.3, 0.4) is 0 Å². The van der Waals surface area contributed by atoms with Crippen molar-refractivity contribution in [1.82, 2.24) is 29.9 Å². The van der Waals surface area contributed by atoms with Gasteiger partial charge in [-0.25, -0.2) is 9.59 Å². The summed E-state index contributed by atoms with van der Waals surface area (Å²) in [5.74, 6) is -0.802. The molecule has 57 heavy (non-hydrogen) atoms. The fourth-order valence-corrected chi connectivity index (χ4v) is 8.64. The van der Waals surface area contributed by atoms with E-state index in [-0.39, 0.29) is 22.4 Å². The lowest BCUT2D eigenvalue weighted by molar-refractivity contribution is -0.158. The smallest absolute Gasteiger partial charge is 0.407 e. The quantitative estimate of drug-likeness (QED) is 0.0450. The van der Waals surface area contributed by atoms with Crippen molar-refractivity contribution in [3.05, 3.63) is 112 Å². The third-order valence-corrected chi connectivity index (χ3v) is 11.3. The zero-order chi connectivity index (χ0) is 40.5. The molecule has 4 heterocycles. The maximum Gasteiger partial charge on any atom is 0.407 e. The number of nitrogens with zero attached hydrogens (tertiary/aromatic N) is 5. The Morgan fingerprint density at radius 2 is 1.75 bits per heavy atom. The molecule has 1 fully saturated rings. The van der Waals surface area contributed by atoms with Crippen LogP contribution < -0.4 is 16.4 Å². The van der Waals surface area contributed by atoms with Gasteiger partial charge >= 0.3 is 12.1 Å². The van der Waals surface area contributed by atoms with E-state index in [1.54, 1.807) is 18.0 Å². The number of aromatic nitrogens is 3. The van der Waals surface area contributed by atoms with Crippen LogP contribution in [0, 0.1) is 0 Å². The minimum Gasteiger partial charge on any atom is -0.448 e. The van der Waals surface area contributed by atoms with E-state index in [0.29, 0.717) is 35.8 Å². The van der Waals surface area contributed by atoms with E-state index in [4.69, 9.17) is 20.0 Å². The molecule has 4 aromatic rings. The predicted octanol–water partition coefficient (Wildman–Crippen LogP) is 5.45. The van der Waals surface area contributed by atoms with E-state index in [1.807, 2.05) is 93.6 Å². The number of oxime groups is 1. The van der Waals surface area contributed by atoms with Crippen molar-refractivity contribution in [3.8, 4) is 0 Å². The molecule has 2 aliphatic rings. The van der Waals surface area contributed by atoms with Gasteiger partial charge in [0.2, 0.25) is 11.5 Å². The first kappa shape index (κ1) is 41.2. The lowest BCUT2D eigenvalue weighted by Crippen LogP contribution is -2.72. The summed E-state index contributed by atoms with van der Waals surface area (Å²) < 4.78 is 15.7. The summed E-state index contributed by atoms with van der Waals surface area (Å²) >= 11 is 3.83. The van der Waals surface area contributed by atoms with Gasteiger partial charge in [0.25, 0.3) is 11.8 Å². The highest BCUT2D eigenvalue weighted by Gasteiger charge is 2.54. The van der Waals surface area contributed by atoms with Crippen LogP contribution in [0.4, 0.5) is 9.93 Å². The summed E-state index contributed by atoms with van der Waals surface area (Å²) in [6, 6.07) is 21.0. The molecule has 0 unspecified atom stereocenters. The van der Waals surface area contributed by atoms with Gasteiger partial charge in [0.05, 0.1) is 11.7 Å². The lowest BCUT2D eigenvalue weighted by atomic mass is 9.86. The van der Waals surface area contributed by atoms with Gasteiger partial charge in [0.15, 0.2) is 11.2 Å². The number of amides is 3. The predicted molar refractivity (Wildman–Crippen MR) is 218 cm³/mol. The standard InChI is InChI=1S/C39H42N8O7S3/c1-39(2,3)54-38(51)42-20-21-55-22-25-27(16-11-19-41-25)56-28-18-17-26-29(43-34(48)30(45-52-4)33-44-37(40)57-46-33)35(49)47(26)31(28)36(50)53-32(23-12-7-5-8-13-23)24-14-9-6-10-15-24/h5-16,19,26,29,32H,17-18,20-22H2,1-4H3,(H,42,51)(H,43,48)(H2,40,44,46)/b45-30-/t26-,29+/m1/s1. The second-order valence-electron chi connectivity index (χ2n) is 13.8. The number of nitrogens with two attached hydrogens (primary N) is 1. The minimum absolute atomic E-state index is 0.0374. The van der Waals surface area contributed by atoms with Crippen LogP contribution >= 0.6 is 35.1 Å². The van der Waals surface area contributed by atoms with Gasteiger partial charge in [-0.3, -0.25) is 19.5 Å². The number of fused-ring (bicyclic) bond motifs is 1. The van der Waals surface area contributed by atoms with Crippen molar-refractivity contribution in [2.24, 2.45) is 5.16 Å². The number of ether oxygens (including phenoxy) is 2. The number of carbonyl (C=O) groups is 4. The molecule has 1 saturated heterocycles. The van der Waals surface area contributed by atoms with Crippen LogP contribution in [0.15, 0.2) is 99.6 Å². The van der Waals surface area contributed by atoms with E-state index in [0.717, 1.165) is 33.2 Å². The number of carbonyl (C=O) groups excluding carboxylic acids is 4. The SMILES string of the molecule is CO/N=C(\C(=O)N[C@@H]1C(=O)N2C(C(=O)OC(c3ccccc3)c3ccccc3)=C(Sc3cccnc3CSCCNC(=O)OC(C)(C)C)CC[C@H]12)c1nsc(N)n1. The molecule has 15 nitrogen and oxygen atoms in total. The number of nitrogen functional groups attached to an aromatic ring is 1. The summed E-state index contributed by atoms with van der Waals surface area (Å²) in [5.41, 5.74) is 7.30. The van der Waals surface area contributed by atoms with Crippen LogP contribution in [0.5, 0.6) is 0 Å². The van der Waals surface area contributed by atoms with Gasteiger partial charge in [-0.2, -0.15) is 21.1 Å². The fourth-order valence-electron chi connectivity index (χ4n) is 6.15. The Labute approximate surface area is 342 Å². The van der Waals surface area contributed by atoms with E-state index in [1.165, 1.54) is 23.8 Å². The highest BCUT2D eigenvalue weighted by atomic mass is 32.2. The maximum absolute atomic E-state index is 14.6. The van der Waals surface area contributed by atoms with Crippen molar-refractivity contribution < 1.29 is 33.5 Å². The van der Waals surface area contributed by atoms with E-state index in [9.17, 15) is 19.2 Å². The number of β-lactam (4-membered cyclic amide) rings is 1. The van der Waals surface area contributed by atoms with Crippen LogP contribution in [-0.4, -0.2) is 85.9 Å². The molecule has 6 rings (SSSR count). The fraction of sp³-hybridized carbons (Fsp3) is 0.333. The number of rotatable bonds is 15. The van der Waals surface area contributed by atoms with E-state index in [2.05, 4.69) is 30.1 Å². The third-order valence-electron chi connectivity index (χ3n) is 8.59. The molecule has 0 saturated carbocycles. The number of anilines is 1. The van der Waals surface area contributed by atoms with Crippen LogP contribution in [0.2, 0.25) is 0 Å². The van der Waals surface area contributed by atoms with Crippen molar-refractivity contribution in [2.45, 2.75) is 68.0 Å². The van der Waals surface area contributed by atoms with Crippen LogP contribution in [0.1, 0.15) is 62.4 Å². The molecule has 0 spiro atoms. The molecule has 0 aliphatic carbocycles. The zero-order valence-corrected chi connectivity index (χ0v) is 34.1. The Kier molecular flexibility index (Phi) is 13.5. The number of esters is 1. The highest BCUT2D eigenvalue weighted by molar-refractivity contribution is 8.03. The number of allylic oxidation sites excluding steroid dienone is 1. The first-order valence-corrected chi connectivity index (χ1v) is 20.7. The molecule has 2 aromatic heterocycles. The number of alkyl carbamates (subject to hydrolysis) is 1. The summed E-state index contributed by atoms with van der Waals surface area (Å²) in [6.07, 6.45) is 1.30. The summed E-state index contributed by atoms with van der Waals surface area (Å²) in [6.45, 7) is 5.83. The highest BCUT2D eigenvalue weighted by Crippen LogP contribution is 2.45. The van der Waals surface area contributed by atoms with Crippen molar-refractivity contribution in [1.29, 1.82) is 0 Å². The number of benzene rings is 2. The molecule has 0 radical (unpaired) electrons. The van der Waals surface area contributed by atoms with Crippen molar-refractivity contribution in [3.63, 3.8) is 0 Å². The van der Waals surface area contributed by atoms with Gasteiger partial charge in [0.1, 0.15) is 24.4 Å². The van der Waals surface area contributed by atoms with Gasteiger partial charge < -0.3 is 30.7 Å². The minimum atomic E-state index is -0.969. The summed E-state index contributed by atoms with van der Waals surface area (Å²) in [7, 11) is 1.27. The second-order valence-corrected chi connectivity index (χ2v) is 16.8. The second kappa shape index (κ2) is 18.7. The largest absolute Gasteiger partial charge is 0.448 e. The topological polar surface area (TPSA) is 200 Å². The first-order valence-electron chi connectivity index (χ1n) is 18.0. The molecule has 18 heteroatoms. The zero-order valence-electron chi connectivity index (χ0n) is 31.7. The molecule has 2 aromatic carbocycles. The summed E-state index contributed by atoms with van der Waals surface area (Å²) in [4.78, 5) is 70.6. The Hall–Kier alpha value is -5.46. The average molecular weight is 831 g/mol. The van der Waals surface area contributed by atoms with Gasteiger partial charge in [-0.05, 0) is 56.9 Å². The van der Waals surface area contributed by atoms with Gasteiger partial charge in [-0.1, -0.05) is 77.6 Å². The molecule has 0 bridgehead atoms. The Bertz CT molecular complexity index is 2100. The average Bonchev–Trinajstić information content (AvgIpc) is 3.63. The first-order chi connectivity index (χ1) is 27.4. The lowest BCUT2D eigenvalue weighted by Gasteiger charge is -2.50. The van der Waals surface area contributed by atoms with Gasteiger partial charge in [-0.15, -0.1) is 0 Å². The normalized spacial score (nSPS) is 16.8. The molecule has 4 N–H and O–H groups in total. The Balaban J connectivity index is 1.26. The Morgan fingerprint density at radius 1 is 1.05 bits per heavy atom. The van der Waals surface area contributed by atoms with E-state index < -0.39 is 47.7 Å². The molecule has 3 amide bonds. The van der Waals surface area contributed by atoms with Crippen molar-refractivity contribution in [2.75, 3.05) is 25.1 Å². The number of hydrogen-bond donors (Lipinski definition) is 3. The summed E-state index contributed by atoms with van der Waals surface area (Å²) in [5, 5.41) is 9.44. The number of nitrogens with one attached hydrogen (secondary N) is 2.